The Kier molecular flexibility index (Phi) is 2.97. The molecule has 0 unspecified atom stereocenters. The Morgan fingerprint density at radius 2 is 1.95 bits per heavy atom. The van der Waals surface area contributed by atoms with Gasteiger partial charge < -0.3 is 0 Å². The summed E-state index contributed by atoms with van der Waals surface area (Å²) in [6, 6.07) is 7.99. The highest BCUT2D eigenvalue weighted by Crippen LogP contribution is 2.42. The molecule has 0 radical (unpaired) electrons. The van der Waals surface area contributed by atoms with Gasteiger partial charge in [-0.25, -0.2) is 14.5 Å². The molecule has 1 aliphatic carbocycles. The number of aliphatic imine (C=N–C) groups is 1. The van der Waals surface area contributed by atoms with Crippen LogP contribution in [0.1, 0.15) is 31.2 Å². The van der Waals surface area contributed by atoms with Crippen LogP contribution in [-0.4, -0.2) is 20.8 Å². The first-order valence-electron chi connectivity index (χ1n) is 6.39. The van der Waals surface area contributed by atoms with E-state index in [0.717, 1.165) is 36.9 Å². The third-order valence-corrected chi connectivity index (χ3v) is 3.78. The van der Waals surface area contributed by atoms with Crippen LogP contribution in [0.25, 0.3) is 5.69 Å². The molecule has 1 heterocycles. The summed E-state index contributed by atoms with van der Waals surface area (Å²) in [5.74, 6) is 0. The second kappa shape index (κ2) is 4.78. The minimum atomic E-state index is -0.358. The minimum Gasteiger partial charge on any atom is -0.223 e. The summed E-state index contributed by atoms with van der Waals surface area (Å²) in [7, 11) is 0. The molecule has 0 saturated heterocycles. The predicted molar refractivity (Wildman–Crippen MR) is 69.6 cm³/mol. The molecule has 2 aromatic rings. The monoisotopic (exact) mass is 254 g/mol. The molecule has 1 saturated carbocycles. The maximum absolute atomic E-state index is 10.7. The van der Waals surface area contributed by atoms with Crippen LogP contribution >= 0.6 is 0 Å². The van der Waals surface area contributed by atoms with Crippen LogP contribution in [0.15, 0.2) is 41.9 Å². The van der Waals surface area contributed by atoms with Crippen molar-refractivity contribution in [2.75, 3.05) is 0 Å². The number of isocyanates is 1. The average molecular weight is 254 g/mol. The Bertz CT molecular complexity index is 591. The highest BCUT2D eigenvalue weighted by atomic mass is 16.1. The van der Waals surface area contributed by atoms with Crippen LogP contribution < -0.4 is 0 Å². The molecule has 0 atom stereocenters. The fourth-order valence-corrected chi connectivity index (χ4v) is 2.78. The van der Waals surface area contributed by atoms with E-state index in [9.17, 15) is 4.79 Å². The average Bonchev–Trinajstić information content (AvgIpc) is 3.11. The van der Waals surface area contributed by atoms with Crippen molar-refractivity contribution in [2.45, 2.75) is 31.2 Å². The van der Waals surface area contributed by atoms with Crippen LogP contribution in [0.4, 0.5) is 0 Å². The van der Waals surface area contributed by atoms with Gasteiger partial charge in [-0.2, -0.15) is 10.1 Å². The first kappa shape index (κ1) is 11.8. The first-order valence-corrected chi connectivity index (χ1v) is 6.39. The quantitative estimate of drug-likeness (QED) is 0.624. The van der Waals surface area contributed by atoms with Gasteiger partial charge in [0.25, 0.3) is 0 Å². The van der Waals surface area contributed by atoms with Crippen molar-refractivity contribution in [3.63, 3.8) is 0 Å². The van der Waals surface area contributed by atoms with Gasteiger partial charge in [-0.15, -0.1) is 0 Å². The van der Waals surface area contributed by atoms with Crippen LogP contribution in [0.5, 0.6) is 0 Å². The Labute approximate surface area is 111 Å². The summed E-state index contributed by atoms with van der Waals surface area (Å²) in [6.07, 6.45) is 8.96. The van der Waals surface area contributed by atoms with E-state index in [1.165, 1.54) is 6.33 Å². The molecule has 5 heteroatoms. The zero-order valence-electron chi connectivity index (χ0n) is 10.5. The highest BCUT2D eigenvalue weighted by molar-refractivity contribution is 5.41. The highest BCUT2D eigenvalue weighted by Gasteiger charge is 2.35. The second-order valence-corrected chi connectivity index (χ2v) is 4.83. The fourth-order valence-electron chi connectivity index (χ4n) is 2.78. The molecule has 5 nitrogen and oxygen atoms in total. The van der Waals surface area contributed by atoms with Crippen LogP contribution in [-0.2, 0) is 10.3 Å². The first-order chi connectivity index (χ1) is 9.34. The van der Waals surface area contributed by atoms with Crippen molar-refractivity contribution in [1.29, 1.82) is 0 Å². The van der Waals surface area contributed by atoms with Gasteiger partial charge in [0.05, 0.1) is 11.2 Å². The van der Waals surface area contributed by atoms with E-state index in [1.807, 2.05) is 24.3 Å². The van der Waals surface area contributed by atoms with Crippen LogP contribution in [0, 0.1) is 0 Å². The molecule has 1 aliphatic rings. The molecule has 0 spiro atoms. The topological polar surface area (TPSA) is 60.1 Å². The maximum atomic E-state index is 10.7. The second-order valence-electron chi connectivity index (χ2n) is 4.83. The number of hydrogen-bond donors (Lipinski definition) is 0. The van der Waals surface area contributed by atoms with Crippen LogP contribution in [0.2, 0.25) is 0 Å². The Morgan fingerprint density at radius 3 is 2.53 bits per heavy atom. The molecule has 1 aromatic heterocycles. The van der Waals surface area contributed by atoms with Crippen LogP contribution in [0.3, 0.4) is 0 Å². The molecule has 3 rings (SSSR count). The Hall–Kier alpha value is -2.26. The molecule has 96 valence electrons. The SMILES string of the molecule is O=C=NC1(c2ccc(-n3cncn3)cc2)CCCC1. The number of nitrogens with zero attached hydrogens (tertiary/aromatic N) is 4. The maximum Gasteiger partial charge on any atom is 0.235 e. The van der Waals surface area contributed by atoms with Gasteiger partial charge in [0.1, 0.15) is 12.7 Å². The van der Waals surface area contributed by atoms with Gasteiger partial charge in [-0.1, -0.05) is 25.0 Å². The van der Waals surface area contributed by atoms with Crippen molar-refractivity contribution in [1.82, 2.24) is 14.8 Å². The molecule has 0 N–H and O–H groups in total. The van der Waals surface area contributed by atoms with Gasteiger partial charge in [0.15, 0.2) is 0 Å². The molecular weight excluding hydrogens is 240 g/mol. The lowest BCUT2D eigenvalue weighted by Crippen LogP contribution is -2.18. The number of benzene rings is 1. The van der Waals surface area contributed by atoms with Crippen molar-refractivity contribution in [3.05, 3.63) is 42.5 Å². The zero-order chi connectivity index (χ0) is 13.1. The lowest BCUT2D eigenvalue weighted by atomic mass is 9.89. The van der Waals surface area contributed by atoms with Crippen molar-refractivity contribution < 1.29 is 4.79 Å². The van der Waals surface area contributed by atoms with Gasteiger partial charge >= 0.3 is 0 Å². The standard InChI is InChI=1S/C14H14N4O/c19-11-16-14(7-1-2-8-14)12-3-5-13(6-4-12)18-10-15-9-17-18/h3-6,9-10H,1-2,7-8H2. The van der Waals surface area contributed by atoms with E-state index in [0.29, 0.717) is 0 Å². The smallest absolute Gasteiger partial charge is 0.223 e. The number of carbonyl (C=O) groups excluding carboxylic acids is 1. The summed E-state index contributed by atoms with van der Waals surface area (Å²) >= 11 is 0. The van der Waals surface area contributed by atoms with Gasteiger partial charge in [-0.3, -0.25) is 0 Å². The van der Waals surface area contributed by atoms with E-state index in [1.54, 1.807) is 17.1 Å². The minimum absolute atomic E-state index is 0.358. The Morgan fingerprint density at radius 1 is 1.21 bits per heavy atom. The van der Waals surface area contributed by atoms with Gasteiger partial charge in [0, 0.05) is 0 Å². The normalized spacial score (nSPS) is 17.1. The number of aromatic nitrogens is 3. The van der Waals surface area contributed by atoms with E-state index in [4.69, 9.17) is 0 Å². The van der Waals surface area contributed by atoms with Gasteiger partial charge in [-0.05, 0) is 30.5 Å². The molecule has 0 amide bonds. The van der Waals surface area contributed by atoms with Crippen molar-refractivity contribution in [2.24, 2.45) is 4.99 Å². The molecular formula is C14H14N4O. The van der Waals surface area contributed by atoms with E-state index in [2.05, 4.69) is 15.1 Å². The van der Waals surface area contributed by atoms with Gasteiger partial charge in [0.2, 0.25) is 6.08 Å². The van der Waals surface area contributed by atoms with Crippen molar-refractivity contribution >= 4 is 6.08 Å². The molecule has 0 aliphatic heterocycles. The molecule has 1 aromatic carbocycles. The van der Waals surface area contributed by atoms with E-state index < -0.39 is 0 Å². The summed E-state index contributed by atoms with van der Waals surface area (Å²) in [4.78, 5) is 18.7. The lowest BCUT2D eigenvalue weighted by molar-refractivity contribution is 0.456. The number of hydrogen-bond acceptors (Lipinski definition) is 4. The summed E-state index contributed by atoms with van der Waals surface area (Å²) in [5, 5.41) is 4.09. The fraction of sp³-hybridized carbons (Fsp3) is 0.357. The van der Waals surface area contributed by atoms with E-state index in [-0.39, 0.29) is 5.54 Å². The summed E-state index contributed by atoms with van der Waals surface area (Å²) in [5.41, 5.74) is 1.67. The molecule has 1 fully saturated rings. The third kappa shape index (κ3) is 2.09. The number of rotatable bonds is 3. The Balaban J connectivity index is 1.95. The summed E-state index contributed by atoms with van der Waals surface area (Å²) < 4.78 is 1.70. The molecule has 19 heavy (non-hydrogen) atoms. The third-order valence-electron chi connectivity index (χ3n) is 3.78. The summed E-state index contributed by atoms with van der Waals surface area (Å²) in [6.45, 7) is 0. The molecule has 0 bridgehead atoms. The van der Waals surface area contributed by atoms with Crippen molar-refractivity contribution in [3.8, 4) is 5.69 Å². The zero-order valence-corrected chi connectivity index (χ0v) is 10.5. The largest absolute Gasteiger partial charge is 0.235 e. The van der Waals surface area contributed by atoms with E-state index >= 15 is 0 Å². The lowest BCUT2D eigenvalue weighted by Gasteiger charge is -2.22. The predicted octanol–water partition coefficient (Wildman–Crippen LogP) is 2.37.